The summed E-state index contributed by atoms with van der Waals surface area (Å²) in [6.07, 6.45) is 1.50. The van der Waals surface area contributed by atoms with E-state index in [4.69, 9.17) is 4.74 Å². The van der Waals surface area contributed by atoms with Crippen LogP contribution in [-0.2, 0) is 11.2 Å². The minimum absolute atomic E-state index is 0.221. The van der Waals surface area contributed by atoms with E-state index < -0.39 is 0 Å². The lowest BCUT2D eigenvalue weighted by Gasteiger charge is -2.18. The van der Waals surface area contributed by atoms with E-state index in [1.807, 2.05) is 36.2 Å². The van der Waals surface area contributed by atoms with Crippen molar-refractivity contribution in [1.29, 1.82) is 0 Å². The lowest BCUT2D eigenvalue weighted by Crippen LogP contribution is -2.29. The zero-order valence-corrected chi connectivity index (χ0v) is 11.8. The maximum Gasteiger partial charge on any atom is 0.222 e. The summed E-state index contributed by atoms with van der Waals surface area (Å²) in [6.45, 7) is 4.89. The Morgan fingerprint density at radius 1 is 1.28 bits per heavy atom. The highest BCUT2D eigenvalue weighted by atomic mass is 16.5. The van der Waals surface area contributed by atoms with Gasteiger partial charge in [0.1, 0.15) is 5.75 Å². The normalized spacial score (nSPS) is 10.5. The Hall–Kier alpha value is -1.51. The molecule has 0 N–H and O–H groups in total. The van der Waals surface area contributed by atoms with Gasteiger partial charge in [0.05, 0.1) is 7.11 Å². The van der Waals surface area contributed by atoms with Gasteiger partial charge >= 0.3 is 0 Å². The average molecular weight is 249 g/mol. The molecule has 0 bridgehead atoms. The molecule has 0 aromatic heterocycles. The fourth-order valence-corrected chi connectivity index (χ4v) is 1.72. The van der Waals surface area contributed by atoms with Crippen LogP contribution in [-0.4, -0.2) is 31.5 Å². The van der Waals surface area contributed by atoms with Gasteiger partial charge in [0.25, 0.3) is 0 Å². The number of ether oxygens (including phenoxy) is 1. The smallest absolute Gasteiger partial charge is 0.222 e. The van der Waals surface area contributed by atoms with Crippen LogP contribution >= 0.6 is 0 Å². The predicted molar refractivity (Wildman–Crippen MR) is 73.8 cm³/mol. The molecule has 18 heavy (non-hydrogen) atoms. The predicted octanol–water partition coefficient (Wildman–Crippen LogP) is 2.74. The van der Waals surface area contributed by atoms with Crippen molar-refractivity contribution in [3.8, 4) is 5.75 Å². The lowest BCUT2D eigenvalue weighted by atomic mass is 10.1. The number of amides is 1. The number of hydrogen-bond acceptors (Lipinski definition) is 2. The van der Waals surface area contributed by atoms with Crippen LogP contribution in [0.4, 0.5) is 0 Å². The summed E-state index contributed by atoms with van der Waals surface area (Å²) < 4.78 is 5.11. The first-order valence-electron chi connectivity index (χ1n) is 6.39. The van der Waals surface area contributed by atoms with Gasteiger partial charge < -0.3 is 9.64 Å². The van der Waals surface area contributed by atoms with Gasteiger partial charge in [-0.15, -0.1) is 0 Å². The molecular formula is C15H23NO2. The van der Waals surface area contributed by atoms with Crippen molar-refractivity contribution >= 4 is 5.91 Å². The van der Waals surface area contributed by atoms with Crippen molar-refractivity contribution in [2.45, 2.75) is 26.7 Å². The lowest BCUT2D eigenvalue weighted by molar-refractivity contribution is -0.130. The second-order valence-electron chi connectivity index (χ2n) is 5.01. The molecule has 1 amide bonds. The highest BCUT2D eigenvalue weighted by molar-refractivity contribution is 5.76. The third-order valence-corrected chi connectivity index (χ3v) is 2.90. The summed E-state index contributed by atoms with van der Waals surface area (Å²) in [6, 6.07) is 7.98. The summed E-state index contributed by atoms with van der Waals surface area (Å²) in [5.74, 6) is 1.50. The van der Waals surface area contributed by atoms with Crippen LogP contribution in [0.3, 0.4) is 0 Å². The van der Waals surface area contributed by atoms with E-state index in [9.17, 15) is 4.79 Å². The molecule has 0 heterocycles. The van der Waals surface area contributed by atoms with Crippen molar-refractivity contribution < 1.29 is 9.53 Å². The third kappa shape index (κ3) is 4.78. The summed E-state index contributed by atoms with van der Waals surface area (Å²) in [5, 5.41) is 0. The van der Waals surface area contributed by atoms with Crippen molar-refractivity contribution in [2.75, 3.05) is 20.7 Å². The summed E-state index contributed by atoms with van der Waals surface area (Å²) in [5.41, 5.74) is 1.22. The number of carbonyl (C=O) groups excluding carboxylic acids is 1. The highest BCUT2D eigenvalue weighted by Gasteiger charge is 2.10. The first kappa shape index (κ1) is 14.6. The number of rotatable bonds is 6. The van der Waals surface area contributed by atoms with Gasteiger partial charge in [-0.25, -0.2) is 0 Å². The van der Waals surface area contributed by atoms with Gasteiger partial charge in [0.15, 0.2) is 0 Å². The van der Waals surface area contributed by atoms with E-state index in [1.54, 1.807) is 7.11 Å². The number of methoxy groups -OCH3 is 1. The van der Waals surface area contributed by atoms with Crippen molar-refractivity contribution in [2.24, 2.45) is 5.92 Å². The van der Waals surface area contributed by atoms with Gasteiger partial charge in [-0.2, -0.15) is 0 Å². The monoisotopic (exact) mass is 249 g/mol. The van der Waals surface area contributed by atoms with Crippen LogP contribution < -0.4 is 4.74 Å². The Morgan fingerprint density at radius 3 is 2.39 bits per heavy atom. The van der Waals surface area contributed by atoms with Crippen LogP contribution in [0.15, 0.2) is 24.3 Å². The fourth-order valence-electron chi connectivity index (χ4n) is 1.72. The second-order valence-corrected chi connectivity index (χ2v) is 5.01. The molecule has 100 valence electrons. The van der Waals surface area contributed by atoms with E-state index in [-0.39, 0.29) is 5.91 Å². The largest absolute Gasteiger partial charge is 0.497 e. The molecule has 0 fully saturated rings. The van der Waals surface area contributed by atoms with Crippen LogP contribution in [0.25, 0.3) is 0 Å². The highest BCUT2D eigenvalue weighted by Crippen LogP contribution is 2.12. The van der Waals surface area contributed by atoms with Gasteiger partial charge in [0.2, 0.25) is 5.91 Å². The molecule has 1 aromatic carbocycles. The minimum Gasteiger partial charge on any atom is -0.497 e. The molecule has 1 aromatic rings. The molecule has 0 saturated carbocycles. The van der Waals surface area contributed by atoms with E-state index in [0.717, 1.165) is 18.7 Å². The summed E-state index contributed by atoms with van der Waals surface area (Å²) in [4.78, 5) is 13.6. The van der Waals surface area contributed by atoms with E-state index in [0.29, 0.717) is 12.3 Å². The third-order valence-electron chi connectivity index (χ3n) is 2.90. The van der Waals surface area contributed by atoms with Crippen LogP contribution in [0.1, 0.15) is 25.8 Å². The fraction of sp³-hybridized carbons (Fsp3) is 0.533. The number of benzene rings is 1. The molecule has 0 saturated heterocycles. The first-order chi connectivity index (χ1) is 8.52. The van der Waals surface area contributed by atoms with E-state index in [2.05, 4.69) is 13.8 Å². The molecule has 0 aliphatic rings. The van der Waals surface area contributed by atoms with Crippen molar-refractivity contribution in [3.63, 3.8) is 0 Å². The molecule has 0 aliphatic carbocycles. The summed E-state index contributed by atoms with van der Waals surface area (Å²) in [7, 11) is 3.53. The Bertz CT molecular complexity index is 371. The topological polar surface area (TPSA) is 29.5 Å². The van der Waals surface area contributed by atoms with Gasteiger partial charge in [-0.05, 0) is 30.0 Å². The molecule has 0 radical (unpaired) electrons. The quantitative estimate of drug-likeness (QED) is 0.776. The van der Waals surface area contributed by atoms with Crippen LogP contribution in [0.5, 0.6) is 5.75 Å². The molecule has 3 heteroatoms. The number of carbonyl (C=O) groups is 1. The summed E-state index contributed by atoms with van der Waals surface area (Å²) >= 11 is 0. The molecular weight excluding hydrogens is 226 g/mol. The Morgan fingerprint density at radius 2 is 1.89 bits per heavy atom. The first-order valence-corrected chi connectivity index (χ1v) is 6.39. The second kappa shape index (κ2) is 7.04. The maximum atomic E-state index is 11.8. The van der Waals surface area contributed by atoms with E-state index >= 15 is 0 Å². The molecule has 0 unspecified atom stereocenters. The van der Waals surface area contributed by atoms with E-state index in [1.165, 1.54) is 5.56 Å². The molecule has 0 spiro atoms. The van der Waals surface area contributed by atoms with Crippen LogP contribution in [0, 0.1) is 5.92 Å². The molecule has 1 rings (SSSR count). The number of likely N-dealkylation sites (N-methyl/N-ethyl adjacent to an activating group) is 1. The zero-order chi connectivity index (χ0) is 13.5. The van der Waals surface area contributed by atoms with Crippen molar-refractivity contribution in [3.05, 3.63) is 29.8 Å². The Balaban J connectivity index is 2.41. The van der Waals surface area contributed by atoms with Gasteiger partial charge in [0, 0.05) is 20.0 Å². The standard InChI is InChI=1S/C15H23NO2/c1-12(2)11-15(17)16(3)10-9-13-5-7-14(18-4)8-6-13/h5-8,12H,9-11H2,1-4H3. The zero-order valence-electron chi connectivity index (χ0n) is 11.8. The van der Waals surface area contributed by atoms with Crippen molar-refractivity contribution in [1.82, 2.24) is 4.90 Å². The molecule has 0 aliphatic heterocycles. The maximum absolute atomic E-state index is 11.8. The minimum atomic E-state index is 0.221. The van der Waals surface area contributed by atoms with Gasteiger partial charge in [-0.1, -0.05) is 26.0 Å². The SMILES string of the molecule is COc1ccc(CCN(C)C(=O)CC(C)C)cc1. The van der Waals surface area contributed by atoms with Crippen LogP contribution in [0.2, 0.25) is 0 Å². The Kier molecular flexibility index (Phi) is 5.69. The number of nitrogens with zero attached hydrogens (tertiary/aromatic N) is 1. The Labute approximate surface area is 110 Å². The average Bonchev–Trinajstić information content (AvgIpc) is 2.35. The molecule has 3 nitrogen and oxygen atoms in total. The number of hydrogen-bond donors (Lipinski definition) is 0. The van der Waals surface area contributed by atoms with Gasteiger partial charge in [-0.3, -0.25) is 4.79 Å². The molecule has 0 atom stereocenters.